The molecule has 0 unspecified atom stereocenters. The van der Waals surface area contributed by atoms with E-state index in [1.165, 1.54) is 24.3 Å². The summed E-state index contributed by atoms with van der Waals surface area (Å²) < 4.78 is 17.8. The van der Waals surface area contributed by atoms with E-state index < -0.39 is 11.8 Å². The van der Waals surface area contributed by atoms with Crippen molar-refractivity contribution in [2.24, 2.45) is 0 Å². The summed E-state index contributed by atoms with van der Waals surface area (Å²) in [6, 6.07) is 12.4. The molecular weight excluding hydrogens is 337 g/mol. The minimum atomic E-state index is -0.631. The fourth-order valence-corrected chi connectivity index (χ4v) is 2.59. The third kappa shape index (κ3) is 4.03. The number of esters is 1. The van der Waals surface area contributed by atoms with Crippen LogP contribution in [0.15, 0.2) is 54.7 Å². The lowest BCUT2D eigenvalue weighted by molar-refractivity contribution is -0.142. The van der Waals surface area contributed by atoms with Crippen LogP contribution in [0.5, 0.6) is 0 Å². The number of Topliss-reactive ketones (excluding diaryl/α,β-unsaturated/α-hetero) is 2. The molecule has 132 valence electrons. The van der Waals surface area contributed by atoms with E-state index in [2.05, 4.69) is 4.98 Å². The zero-order valence-corrected chi connectivity index (χ0v) is 13.8. The second-order valence-corrected chi connectivity index (χ2v) is 5.76. The number of aromatic nitrogens is 1. The Morgan fingerprint density at radius 2 is 1.65 bits per heavy atom. The Labute approximate surface area is 148 Å². The summed E-state index contributed by atoms with van der Waals surface area (Å²) in [4.78, 5) is 38.9. The smallest absolute Gasteiger partial charge is 0.306 e. The third-order valence-electron chi connectivity index (χ3n) is 3.98. The molecule has 0 bridgehead atoms. The van der Waals surface area contributed by atoms with Gasteiger partial charge in [-0.3, -0.25) is 14.4 Å². The molecule has 26 heavy (non-hydrogen) atoms. The van der Waals surface area contributed by atoms with Gasteiger partial charge in [0.25, 0.3) is 0 Å². The number of carbonyl (C=O) groups excluding carboxylic acids is 3. The molecule has 1 heterocycles. The lowest BCUT2D eigenvalue weighted by atomic mass is 10.1. The highest BCUT2D eigenvalue weighted by atomic mass is 19.1. The quantitative estimate of drug-likeness (QED) is 0.519. The number of hydrogen-bond donors (Lipinski definition) is 1. The third-order valence-corrected chi connectivity index (χ3v) is 3.98. The Hall–Kier alpha value is -3.28. The second kappa shape index (κ2) is 7.74. The minimum absolute atomic E-state index is 0.0637. The van der Waals surface area contributed by atoms with Gasteiger partial charge in [-0.15, -0.1) is 0 Å². The van der Waals surface area contributed by atoms with Gasteiger partial charge in [-0.05, 0) is 30.3 Å². The number of carbonyl (C=O) groups is 3. The number of para-hydroxylation sites is 1. The summed E-state index contributed by atoms with van der Waals surface area (Å²) in [5, 5.41) is 0.764. The number of aromatic amines is 1. The largest absolute Gasteiger partial charge is 0.457 e. The molecule has 6 heteroatoms. The summed E-state index contributed by atoms with van der Waals surface area (Å²) in [7, 11) is 0. The number of fused-ring (bicyclic) bond motifs is 1. The molecule has 0 atom stereocenters. The van der Waals surface area contributed by atoms with Gasteiger partial charge >= 0.3 is 5.97 Å². The summed E-state index contributed by atoms with van der Waals surface area (Å²) in [6.45, 7) is -0.384. The minimum Gasteiger partial charge on any atom is -0.457 e. The highest BCUT2D eigenvalue weighted by molar-refractivity contribution is 6.08. The van der Waals surface area contributed by atoms with E-state index >= 15 is 0 Å². The first-order chi connectivity index (χ1) is 12.5. The number of halogens is 1. The first-order valence-electron chi connectivity index (χ1n) is 8.08. The highest BCUT2D eigenvalue weighted by Crippen LogP contribution is 2.18. The molecule has 0 saturated carbocycles. The van der Waals surface area contributed by atoms with Crippen molar-refractivity contribution in [1.29, 1.82) is 0 Å². The van der Waals surface area contributed by atoms with Crippen LogP contribution in [0.1, 0.15) is 33.6 Å². The van der Waals surface area contributed by atoms with Gasteiger partial charge in [-0.25, -0.2) is 4.39 Å². The predicted octanol–water partition coefficient (Wildman–Crippen LogP) is 3.70. The maximum atomic E-state index is 12.8. The number of rotatable bonds is 7. The maximum Gasteiger partial charge on any atom is 0.306 e. The lowest BCUT2D eigenvalue weighted by Gasteiger charge is -2.04. The first kappa shape index (κ1) is 17.5. The molecule has 5 nitrogen and oxygen atoms in total. The van der Waals surface area contributed by atoms with Gasteiger partial charge in [-0.2, -0.15) is 0 Å². The summed E-state index contributed by atoms with van der Waals surface area (Å²) in [6.07, 6.45) is 1.38. The predicted molar refractivity (Wildman–Crippen MR) is 93.6 cm³/mol. The molecule has 2 aromatic carbocycles. The van der Waals surface area contributed by atoms with E-state index in [9.17, 15) is 18.8 Å². The number of H-pyrrole nitrogens is 1. The standard InChI is InChI=1S/C20H16FNO4/c21-14-7-5-13(6-8-14)18(23)9-10-20(25)26-12-19(24)16-11-22-17-4-2-1-3-15(16)17/h1-8,11,22H,9-10,12H2. The van der Waals surface area contributed by atoms with E-state index in [1.54, 1.807) is 6.20 Å². The number of benzene rings is 2. The maximum absolute atomic E-state index is 12.8. The normalized spacial score (nSPS) is 10.7. The zero-order chi connectivity index (χ0) is 18.5. The molecule has 0 saturated heterocycles. The van der Waals surface area contributed by atoms with E-state index in [1.807, 2.05) is 24.3 Å². The molecule has 0 aliphatic rings. The van der Waals surface area contributed by atoms with Crippen LogP contribution in [0.25, 0.3) is 10.9 Å². The molecule has 0 spiro atoms. The van der Waals surface area contributed by atoms with E-state index in [4.69, 9.17) is 4.74 Å². The van der Waals surface area contributed by atoms with Crippen LogP contribution in [-0.4, -0.2) is 29.1 Å². The van der Waals surface area contributed by atoms with Crippen molar-refractivity contribution in [3.63, 3.8) is 0 Å². The van der Waals surface area contributed by atoms with Crippen molar-refractivity contribution in [1.82, 2.24) is 4.98 Å². The van der Waals surface area contributed by atoms with E-state index in [0.717, 1.165) is 10.9 Å². The zero-order valence-electron chi connectivity index (χ0n) is 13.8. The van der Waals surface area contributed by atoms with Crippen molar-refractivity contribution in [3.05, 3.63) is 71.7 Å². The summed E-state index contributed by atoms with van der Waals surface area (Å²) >= 11 is 0. The van der Waals surface area contributed by atoms with Gasteiger partial charge in [0.1, 0.15) is 5.82 Å². The molecule has 0 aliphatic carbocycles. The Balaban J connectivity index is 1.50. The fourth-order valence-electron chi connectivity index (χ4n) is 2.59. The topological polar surface area (TPSA) is 76.2 Å². The number of hydrogen-bond acceptors (Lipinski definition) is 4. The van der Waals surface area contributed by atoms with Crippen LogP contribution in [-0.2, 0) is 9.53 Å². The van der Waals surface area contributed by atoms with Crippen LogP contribution < -0.4 is 0 Å². The number of ether oxygens (including phenoxy) is 1. The van der Waals surface area contributed by atoms with Gasteiger partial charge in [0.2, 0.25) is 5.78 Å². The number of nitrogens with one attached hydrogen (secondary N) is 1. The summed E-state index contributed by atoms with van der Waals surface area (Å²) in [5.41, 5.74) is 1.61. The first-order valence-corrected chi connectivity index (χ1v) is 8.08. The fraction of sp³-hybridized carbons (Fsp3) is 0.150. The Morgan fingerprint density at radius 1 is 0.923 bits per heavy atom. The van der Waals surface area contributed by atoms with E-state index in [0.29, 0.717) is 11.1 Å². The van der Waals surface area contributed by atoms with E-state index in [-0.39, 0.29) is 31.0 Å². The SMILES string of the molecule is O=C(CCC(=O)c1ccc(F)cc1)OCC(=O)c1c[nH]c2ccccc12. The van der Waals surface area contributed by atoms with Crippen LogP contribution in [0, 0.1) is 5.82 Å². The van der Waals surface area contributed by atoms with Gasteiger partial charge in [0.05, 0.1) is 6.42 Å². The molecule has 0 radical (unpaired) electrons. The van der Waals surface area contributed by atoms with Crippen LogP contribution in [0.2, 0.25) is 0 Å². The molecule has 0 amide bonds. The van der Waals surface area contributed by atoms with Gasteiger partial charge in [0.15, 0.2) is 12.4 Å². The van der Waals surface area contributed by atoms with Crippen LogP contribution >= 0.6 is 0 Å². The summed E-state index contributed by atoms with van der Waals surface area (Å²) in [5.74, 6) is -1.67. The second-order valence-electron chi connectivity index (χ2n) is 5.76. The monoisotopic (exact) mass is 353 g/mol. The van der Waals surface area contributed by atoms with Gasteiger partial charge in [0, 0.05) is 34.6 Å². The molecule has 0 fully saturated rings. The Bertz CT molecular complexity index is 959. The average molecular weight is 353 g/mol. The van der Waals surface area contributed by atoms with Crippen molar-refractivity contribution < 1.29 is 23.5 Å². The molecule has 0 aliphatic heterocycles. The van der Waals surface area contributed by atoms with Crippen molar-refractivity contribution in [2.45, 2.75) is 12.8 Å². The van der Waals surface area contributed by atoms with Crippen molar-refractivity contribution in [3.8, 4) is 0 Å². The Morgan fingerprint density at radius 3 is 2.42 bits per heavy atom. The molecular formula is C20H16FNO4. The van der Waals surface area contributed by atoms with Gasteiger partial charge < -0.3 is 9.72 Å². The lowest BCUT2D eigenvalue weighted by Crippen LogP contribution is -2.15. The molecule has 1 N–H and O–H groups in total. The molecule has 3 aromatic rings. The molecule has 1 aromatic heterocycles. The van der Waals surface area contributed by atoms with Gasteiger partial charge in [-0.1, -0.05) is 18.2 Å². The Kier molecular flexibility index (Phi) is 5.22. The average Bonchev–Trinajstić information content (AvgIpc) is 3.09. The highest BCUT2D eigenvalue weighted by Gasteiger charge is 2.15. The van der Waals surface area contributed by atoms with Crippen LogP contribution in [0.4, 0.5) is 4.39 Å². The molecule has 3 rings (SSSR count). The number of ketones is 2. The van der Waals surface area contributed by atoms with Crippen molar-refractivity contribution in [2.75, 3.05) is 6.61 Å². The van der Waals surface area contributed by atoms with Crippen molar-refractivity contribution >= 4 is 28.4 Å². The van der Waals surface area contributed by atoms with Crippen LogP contribution in [0.3, 0.4) is 0 Å².